The van der Waals surface area contributed by atoms with E-state index >= 15 is 0 Å². The number of benzene rings is 1. The zero-order chi connectivity index (χ0) is 15.0. The molecule has 0 bridgehead atoms. The lowest BCUT2D eigenvalue weighted by molar-refractivity contribution is 0.333. The van der Waals surface area contributed by atoms with Crippen molar-refractivity contribution in [2.24, 2.45) is 5.92 Å². The van der Waals surface area contributed by atoms with Crippen molar-refractivity contribution in [3.05, 3.63) is 29.6 Å². The molecule has 3 atom stereocenters. The third-order valence-electron chi connectivity index (χ3n) is 4.95. The summed E-state index contributed by atoms with van der Waals surface area (Å²) in [5.41, 5.74) is 3.62. The molecule has 3 heteroatoms. The van der Waals surface area contributed by atoms with Gasteiger partial charge in [-0.3, -0.25) is 0 Å². The van der Waals surface area contributed by atoms with Gasteiger partial charge in [-0.05, 0) is 44.2 Å². The van der Waals surface area contributed by atoms with Gasteiger partial charge in [0.05, 0.1) is 16.4 Å². The molecule has 2 nitrogen and oxygen atoms in total. The molecule has 3 rings (SSSR count). The fraction of sp³-hybridized carbons (Fsp3) is 0.611. The van der Waals surface area contributed by atoms with Crippen molar-refractivity contribution in [3.8, 4) is 0 Å². The average molecular weight is 305 g/mol. The van der Waals surface area contributed by atoms with E-state index in [1.54, 1.807) is 0 Å². The molecule has 1 aliphatic carbocycles. The van der Waals surface area contributed by atoms with Crippen LogP contribution in [0.2, 0.25) is 0 Å². The van der Waals surface area contributed by atoms with Gasteiger partial charge in [0.1, 0.15) is 5.82 Å². The summed E-state index contributed by atoms with van der Waals surface area (Å²) in [4.78, 5) is 4.88. The molecule has 21 heavy (non-hydrogen) atoms. The Morgan fingerprint density at radius 1 is 1.24 bits per heavy atom. The second kappa shape index (κ2) is 6.00. The number of aromatic nitrogens is 2. The van der Waals surface area contributed by atoms with Gasteiger partial charge in [-0.2, -0.15) is 0 Å². The van der Waals surface area contributed by atoms with Crippen LogP contribution in [-0.4, -0.2) is 9.55 Å². The third kappa shape index (κ3) is 2.70. The first-order valence-electron chi connectivity index (χ1n) is 8.21. The predicted octanol–water partition coefficient (Wildman–Crippen LogP) is 5.79. The molecule has 114 valence electrons. The summed E-state index contributed by atoms with van der Waals surface area (Å²) in [6.45, 7) is 6.56. The molecule has 3 unspecified atom stereocenters. The largest absolute Gasteiger partial charge is 0.323 e. The topological polar surface area (TPSA) is 17.8 Å². The number of nitrogens with zero attached hydrogens (tertiary/aromatic N) is 2. The van der Waals surface area contributed by atoms with Gasteiger partial charge in [0.25, 0.3) is 0 Å². The molecule has 0 amide bonds. The number of alkyl halides is 1. The molecule has 0 aliphatic heterocycles. The highest BCUT2D eigenvalue weighted by atomic mass is 35.5. The van der Waals surface area contributed by atoms with Crippen LogP contribution in [0.15, 0.2) is 18.2 Å². The Labute approximate surface area is 132 Å². The van der Waals surface area contributed by atoms with Crippen LogP contribution in [0.1, 0.15) is 68.8 Å². The monoisotopic (exact) mass is 304 g/mol. The summed E-state index contributed by atoms with van der Waals surface area (Å²) in [5, 5.41) is -0.0488. The maximum Gasteiger partial charge on any atom is 0.127 e. The first-order valence-corrected chi connectivity index (χ1v) is 8.64. The number of fused-ring (bicyclic) bond motifs is 1. The highest BCUT2D eigenvalue weighted by molar-refractivity contribution is 6.20. The fourth-order valence-electron chi connectivity index (χ4n) is 3.76. The molecule has 0 spiro atoms. The molecule has 0 N–H and O–H groups in total. The van der Waals surface area contributed by atoms with Crippen molar-refractivity contribution in [1.29, 1.82) is 0 Å². The van der Waals surface area contributed by atoms with E-state index in [-0.39, 0.29) is 5.38 Å². The van der Waals surface area contributed by atoms with Crippen molar-refractivity contribution in [1.82, 2.24) is 9.55 Å². The van der Waals surface area contributed by atoms with Gasteiger partial charge in [0.2, 0.25) is 0 Å². The number of hydrogen-bond donors (Lipinski definition) is 0. The van der Waals surface area contributed by atoms with E-state index in [1.807, 2.05) is 6.92 Å². The lowest BCUT2D eigenvalue weighted by Gasteiger charge is -2.26. The summed E-state index contributed by atoms with van der Waals surface area (Å²) >= 11 is 6.46. The van der Waals surface area contributed by atoms with E-state index in [1.165, 1.54) is 43.2 Å². The van der Waals surface area contributed by atoms with Crippen LogP contribution in [0.4, 0.5) is 0 Å². The number of hydrogen-bond acceptors (Lipinski definition) is 1. The maximum atomic E-state index is 6.46. The predicted molar refractivity (Wildman–Crippen MR) is 90.0 cm³/mol. The van der Waals surface area contributed by atoms with Gasteiger partial charge in [0, 0.05) is 6.04 Å². The molecule has 1 aromatic carbocycles. The number of imidazole rings is 1. The molecule has 1 aromatic heterocycles. The van der Waals surface area contributed by atoms with Crippen molar-refractivity contribution < 1.29 is 0 Å². The second-order valence-electron chi connectivity index (χ2n) is 6.58. The number of halogens is 1. The Bertz CT molecular complexity index is 629. The molecular weight excluding hydrogens is 280 g/mol. The van der Waals surface area contributed by atoms with Gasteiger partial charge in [0.15, 0.2) is 0 Å². The second-order valence-corrected chi connectivity index (χ2v) is 7.24. The van der Waals surface area contributed by atoms with E-state index in [0.29, 0.717) is 12.0 Å². The minimum absolute atomic E-state index is 0.0488. The Morgan fingerprint density at radius 3 is 2.76 bits per heavy atom. The lowest BCUT2D eigenvalue weighted by atomic mass is 9.96. The van der Waals surface area contributed by atoms with Gasteiger partial charge in [-0.25, -0.2) is 4.98 Å². The van der Waals surface area contributed by atoms with E-state index < -0.39 is 0 Å². The number of para-hydroxylation sites is 1. The summed E-state index contributed by atoms with van der Waals surface area (Å²) in [6, 6.07) is 7.02. The SMILES string of the molecule is Cc1cccc2c1nc(C(C)Cl)n2C1CCCCCC1C. The summed E-state index contributed by atoms with van der Waals surface area (Å²) < 4.78 is 2.45. The standard InChI is InChI=1S/C18H25ClN2/c1-12-8-5-4-6-10-15(12)21-16-11-7-9-13(2)17(16)20-18(21)14(3)19/h7,9,11-12,14-15H,4-6,8,10H2,1-3H3. The van der Waals surface area contributed by atoms with E-state index in [4.69, 9.17) is 16.6 Å². The molecular formula is C18H25ClN2. The molecule has 0 radical (unpaired) electrons. The summed E-state index contributed by atoms with van der Waals surface area (Å²) in [5.74, 6) is 1.74. The zero-order valence-corrected chi connectivity index (χ0v) is 14.0. The molecule has 1 fully saturated rings. The van der Waals surface area contributed by atoms with Gasteiger partial charge < -0.3 is 4.57 Å². The van der Waals surface area contributed by atoms with E-state index in [2.05, 4.69) is 36.6 Å². The highest BCUT2D eigenvalue weighted by Gasteiger charge is 2.27. The van der Waals surface area contributed by atoms with Gasteiger partial charge >= 0.3 is 0 Å². The van der Waals surface area contributed by atoms with Gasteiger partial charge in [-0.15, -0.1) is 11.6 Å². The highest BCUT2D eigenvalue weighted by Crippen LogP contribution is 2.38. The quantitative estimate of drug-likeness (QED) is 0.507. The van der Waals surface area contributed by atoms with Crippen LogP contribution in [-0.2, 0) is 0 Å². The smallest absolute Gasteiger partial charge is 0.127 e. The minimum atomic E-state index is -0.0488. The van der Waals surface area contributed by atoms with E-state index in [0.717, 1.165) is 11.3 Å². The molecule has 1 aliphatic rings. The Balaban J connectivity index is 2.19. The van der Waals surface area contributed by atoms with Crippen molar-refractivity contribution >= 4 is 22.6 Å². The first kappa shape index (κ1) is 14.9. The van der Waals surface area contributed by atoms with Crippen molar-refractivity contribution in [3.63, 3.8) is 0 Å². The number of rotatable bonds is 2. The Kier molecular flexibility index (Phi) is 4.26. The normalized spacial score (nSPS) is 25.0. The Hall–Kier alpha value is -1.02. The summed E-state index contributed by atoms with van der Waals surface area (Å²) in [6.07, 6.45) is 6.59. The molecule has 1 heterocycles. The first-order chi connectivity index (χ1) is 10.1. The van der Waals surface area contributed by atoms with Crippen LogP contribution in [0.25, 0.3) is 11.0 Å². The van der Waals surface area contributed by atoms with Crippen LogP contribution in [0, 0.1) is 12.8 Å². The number of aryl methyl sites for hydroxylation is 1. The lowest BCUT2D eigenvalue weighted by Crippen LogP contribution is -2.18. The zero-order valence-electron chi connectivity index (χ0n) is 13.3. The molecule has 2 aromatic rings. The molecule has 0 saturated heterocycles. The van der Waals surface area contributed by atoms with Crippen LogP contribution in [0.5, 0.6) is 0 Å². The van der Waals surface area contributed by atoms with E-state index in [9.17, 15) is 0 Å². The maximum absolute atomic E-state index is 6.46. The fourth-order valence-corrected chi connectivity index (χ4v) is 3.92. The molecule has 1 saturated carbocycles. The van der Waals surface area contributed by atoms with Gasteiger partial charge in [-0.1, -0.05) is 38.3 Å². The van der Waals surface area contributed by atoms with Crippen LogP contribution in [0.3, 0.4) is 0 Å². The Morgan fingerprint density at radius 2 is 2.00 bits per heavy atom. The van der Waals surface area contributed by atoms with Crippen molar-refractivity contribution in [2.45, 2.75) is 64.3 Å². The van der Waals surface area contributed by atoms with Crippen LogP contribution >= 0.6 is 11.6 Å². The minimum Gasteiger partial charge on any atom is -0.323 e. The van der Waals surface area contributed by atoms with Crippen molar-refractivity contribution in [2.75, 3.05) is 0 Å². The van der Waals surface area contributed by atoms with Crippen LogP contribution < -0.4 is 0 Å². The average Bonchev–Trinajstić information content (AvgIpc) is 2.71. The third-order valence-corrected chi connectivity index (χ3v) is 5.15. The summed E-state index contributed by atoms with van der Waals surface area (Å²) in [7, 11) is 0.